The predicted octanol–water partition coefficient (Wildman–Crippen LogP) is 1.43. The van der Waals surface area contributed by atoms with Crippen LogP contribution in [0.4, 0.5) is 13.2 Å². The highest BCUT2D eigenvalue weighted by Crippen LogP contribution is 2.32. The lowest BCUT2D eigenvalue weighted by Gasteiger charge is -2.20. The summed E-state index contributed by atoms with van der Waals surface area (Å²) >= 11 is 0. The molecule has 2 aliphatic rings. The predicted molar refractivity (Wildman–Crippen MR) is 87.6 cm³/mol. The van der Waals surface area contributed by atoms with Crippen LogP contribution in [0.1, 0.15) is 10.4 Å². The van der Waals surface area contributed by atoms with E-state index >= 15 is 0 Å². The Morgan fingerprint density at radius 3 is 2.48 bits per heavy atom. The third-order valence-corrected chi connectivity index (χ3v) is 4.31. The number of amides is 2. The zero-order valence-corrected chi connectivity index (χ0v) is 14.2. The zero-order valence-electron chi connectivity index (χ0n) is 14.2. The van der Waals surface area contributed by atoms with E-state index in [0.29, 0.717) is 25.2 Å². The molecule has 1 aromatic rings. The van der Waals surface area contributed by atoms with E-state index in [4.69, 9.17) is 9.90 Å². The Hall–Kier alpha value is -2.91. The first-order valence-corrected chi connectivity index (χ1v) is 8.04. The molecule has 0 saturated carbocycles. The Labute approximate surface area is 153 Å². The number of hydrogen-bond acceptors (Lipinski definition) is 4. The number of carboxylic acids is 1. The number of aromatic nitrogens is 1. The van der Waals surface area contributed by atoms with Crippen molar-refractivity contribution in [1.29, 1.82) is 0 Å². The molecule has 27 heavy (non-hydrogen) atoms. The molecular weight excluding hydrogens is 367 g/mol. The van der Waals surface area contributed by atoms with Crippen LogP contribution in [0.2, 0.25) is 0 Å². The van der Waals surface area contributed by atoms with Gasteiger partial charge in [-0.2, -0.15) is 13.2 Å². The van der Waals surface area contributed by atoms with Crippen LogP contribution in [0, 0.1) is 11.8 Å². The standard InChI is InChI=1S/C15H17N3O2.C2HF3O2/c1-2-6-17-8-12-9-18(10-13(12)15(17)20)14(19)11-4-3-5-16-7-11;3-2(4,5)1(6)7/h2-5,7,12-13H,1,6,8-10H2;(H,6,7)/t12-,13+;/m1./s1. The normalized spacial score (nSPS) is 21.4. The fraction of sp³-hybridized carbons (Fsp3) is 0.412. The molecule has 2 amide bonds. The molecule has 146 valence electrons. The van der Waals surface area contributed by atoms with Gasteiger partial charge in [0.05, 0.1) is 11.5 Å². The number of halogens is 3. The minimum Gasteiger partial charge on any atom is -0.475 e. The number of carbonyl (C=O) groups excluding carboxylic acids is 2. The van der Waals surface area contributed by atoms with Crippen LogP contribution in [0.5, 0.6) is 0 Å². The number of carboxylic acid groups (broad SMARTS) is 1. The van der Waals surface area contributed by atoms with Gasteiger partial charge in [-0.3, -0.25) is 14.6 Å². The molecule has 0 bridgehead atoms. The number of fused-ring (bicyclic) bond motifs is 1. The lowest BCUT2D eigenvalue weighted by Crippen LogP contribution is -2.35. The van der Waals surface area contributed by atoms with Gasteiger partial charge < -0.3 is 14.9 Å². The van der Waals surface area contributed by atoms with Crippen molar-refractivity contribution in [2.24, 2.45) is 11.8 Å². The largest absolute Gasteiger partial charge is 0.490 e. The van der Waals surface area contributed by atoms with Crippen molar-refractivity contribution in [3.63, 3.8) is 0 Å². The molecule has 2 aliphatic heterocycles. The quantitative estimate of drug-likeness (QED) is 0.795. The maximum Gasteiger partial charge on any atom is 0.490 e. The van der Waals surface area contributed by atoms with Crippen molar-refractivity contribution < 1.29 is 32.7 Å². The average Bonchev–Trinajstić information content (AvgIpc) is 3.15. The van der Waals surface area contributed by atoms with E-state index in [1.54, 1.807) is 35.5 Å². The highest BCUT2D eigenvalue weighted by atomic mass is 19.4. The van der Waals surface area contributed by atoms with E-state index in [1.165, 1.54) is 0 Å². The van der Waals surface area contributed by atoms with Gasteiger partial charge >= 0.3 is 12.1 Å². The molecule has 0 aliphatic carbocycles. The summed E-state index contributed by atoms with van der Waals surface area (Å²) in [5, 5.41) is 7.12. The third-order valence-electron chi connectivity index (χ3n) is 4.31. The van der Waals surface area contributed by atoms with Crippen molar-refractivity contribution in [1.82, 2.24) is 14.8 Å². The molecule has 2 fully saturated rings. The maximum absolute atomic E-state index is 12.3. The first-order chi connectivity index (χ1) is 12.6. The number of carbonyl (C=O) groups is 3. The number of pyridine rings is 1. The number of aliphatic carboxylic acids is 1. The van der Waals surface area contributed by atoms with E-state index in [0.717, 1.165) is 6.54 Å². The number of likely N-dealkylation sites (tertiary alicyclic amines) is 2. The summed E-state index contributed by atoms with van der Waals surface area (Å²) in [7, 11) is 0. The molecule has 10 heteroatoms. The molecule has 0 spiro atoms. The monoisotopic (exact) mass is 385 g/mol. The number of rotatable bonds is 3. The molecule has 0 radical (unpaired) electrons. The zero-order chi connectivity index (χ0) is 20.2. The van der Waals surface area contributed by atoms with Crippen molar-refractivity contribution in [2.45, 2.75) is 6.18 Å². The molecule has 3 heterocycles. The Morgan fingerprint density at radius 2 is 2.00 bits per heavy atom. The van der Waals surface area contributed by atoms with Gasteiger partial charge in [-0.15, -0.1) is 6.58 Å². The summed E-state index contributed by atoms with van der Waals surface area (Å²) in [5.74, 6) is -2.43. The summed E-state index contributed by atoms with van der Waals surface area (Å²) in [6.07, 6.45) is -0.119. The average molecular weight is 385 g/mol. The molecule has 7 nitrogen and oxygen atoms in total. The summed E-state index contributed by atoms with van der Waals surface area (Å²) in [4.78, 5) is 41.0. The van der Waals surface area contributed by atoms with Crippen LogP contribution in [0.25, 0.3) is 0 Å². The van der Waals surface area contributed by atoms with Crippen LogP contribution >= 0.6 is 0 Å². The van der Waals surface area contributed by atoms with Gasteiger partial charge in [0.25, 0.3) is 5.91 Å². The highest BCUT2D eigenvalue weighted by Gasteiger charge is 2.47. The number of nitrogens with zero attached hydrogens (tertiary/aromatic N) is 3. The fourth-order valence-corrected chi connectivity index (χ4v) is 3.10. The summed E-state index contributed by atoms with van der Waals surface area (Å²) in [6.45, 7) is 6.17. The van der Waals surface area contributed by atoms with Gasteiger partial charge in [0.2, 0.25) is 5.91 Å². The van der Waals surface area contributed by atoms with Gasteiger partial charge in [-0.05, 0) is 12.1 Å². The lowest BCUT2D eigenvalue weighted by molar-refractivity contribution is -0.192. The molecule has 2 atom stereocenters. The van der Waals surface area contributed by atoms with Crippen LogP contribution < -0.4 is 0 Å². The third kappa shape index (κ3) is 4.83. The first-order valence-electron chi connectivity index (χ1n) is 8.04. The second-order valence-corrected chi connectivity index (χ2v) is 6.15. The molecule has 2 saturated heterocycles. The van der Waals surface area contributed by atoms with E-state index < -0.39 is 12.1 Å². The van der Waals surface area contributed by atoms with Gasteiger partial charge in [-0.1, -0.05) is 6.08 Å². The van der Waals surface area contributed by atoms with E-state index in [1.807, 2.05) is 4.90 Å². The molecule has 0 unspecified atom stereocenters. The topological polar surface area (TPSA) is 90.8 Å². The smallest absolute Gasteiger partial charge is 0.475 e. The second-order valence-electron chi connectivity index (χ2n) is 6.15. The lowest BCUT2D eigenvalue weighted by atomic mass is 10.0. The summed E-state index contributed by atoms with van der Waals surface area (Å²) in [5.41, 5.74) is 0.586. The Kier molecular flexibility index (Phi) is 6.19. The number of hydrogen-bond donors (Lipinski definition) is 1. The molecular formula is C17H18F3N3O4. The van der Waals surface area contributed by atoms with E-state index in [9.17, 15) is 22.8 Å². The molecule has 0 aromatic carbocycles. The molecule has 1 N–H and O–H groups in total. The first kappa shape index (κ1) is 20.4. The van der Waals surface area contributed by atoms with Crippen molar-refractivity contribution >= 4 is 17.8 Å². The second kappa shape index (κ2) is 8.19. The van der Waals surface area contributed by atoms with Gasteiger partial charge in [0.15, 0.2) is 0 Å². The highest BCUT2D eigenvalue weighted by molar-refractivity contribution is 5.95. The van der Waals surface area contributed by atoms with Crippen LogP contribution in [0.15, 0.2) is 37.2 Å². The van der Waals surface area contributed by atoms with E-state index in [-0.39, 0.29) is 23.7 Å². The Morgan fingerprint density at radius 1 is 1.33 bits per heavy atom. The minimum absolute atomic E-state index is 0.0319. The summed E-state index contributed by atoms with van der Waals surface area (Å²) < 4.78 is 31.7. The van der Waals surface area contributed by atoms with E-state index in [2.05, 4.69) is 11.6 Å². The maximum atomic E-state index is 12.3. The van der Waals surface area contributed by atoms with Crippen molar-refractivity contribution in [3.8, 4) is 0 Å². The SMILES string of the molecule is C=CCN1C[C@@H]2CN(C(=O)c3cccnc3)C[C@@H]2C1=O.O=C(O)C(F)(F)F. The minimum atomic E-state index is -5.08. The molecule has 3 rings (SSSR count). The fourth-order valence-electron chi connectivity index (χ4n) is 3.10. The Bertz CT molecular complexity index is 724. The molecule has 1 aromatic heterocycles. The van der Waals surface area contributed by atoms with Crippen LogP contribution in [-0.2, 0) is 9.59 Å². The van der Waals surface area contributed by atoms with Gasteiger partial charge in [0, 0.05) is 44.5 Å². The summed E-state index contributed by atoms with van der Waals surface area (Å²) in [6, 6.07) is 3.51. The van der Waals surface area contributed by atoms with Crippen molar-refractivity contribution in [2.75, 3.05) is 26.2 Å². The number of alkyl halides is 3. The Balaban J connectivity index is 0.000000321. The van der Waals surface area contributed by atoms with Gasteiger partial charge in [-0.25, -0.2) is 4.79 Å². The van der Waals surface area contributed by atoms with Crippen molar-refractivity contribution in [3.05, 3.63) is 42.7 Å². The van der Waals surface area contributed by atoms with Gasteiger partial charge in [0.1, 0.15) is 0 Å². The van der Waals surface area contributed by atoms with Crippen LogP contribution in [-0.4, -0.2) is 70.0 Å². The van der Waals surface area contributed by atoms with Crippen LogP contribution in [0.3, 0.4) is 0 Å².